The van der Waals surface area contributed by atoms with Gasteiger partial charge < -0.3 is 10.2 Å². The van der Waals surface area contributed by atoms with Crippen molar-refractivity contribution in [2.75, 3.05) is 19.6 Å². The van der Waals surface area contributed by atoms with Crippen LogP contribution in [0.4, 0.5) is 0 Å². The maximum absolute atomic E-state index is 3.64. The third-order valence-corrected chi connectivity index (χ3v) is 5.42. The van der Waals surface area contributed by atoms with E-state index < -0.39 is 0 Å². The zero-order valence-electron chi connectivity index (χ0n) is 15.3. The molecule has 1 saturated heterocycles. The van der Waals surface area contributed by atoms with Crippen LogP contribution in [0.5, 0.6) is 0 Å². The first-order valence-electron chi connectivity index (χ1n) is 9.14. The van der Waals surface area contributed by atoms with Crippen molar-refractivity contribution in [1.29, 1.82) is 0 Å². The van der Waals surface area contributed by atoms with E-state index in [0.29, 0.717) is 16.9 Å². The van der Waals surface area contributed by atoms with E-state index in [0.717, 1.165) is 12.0 Å². The lowest BCUT2D eigenvalue weighted by atomic mass is 9.63. The van der Waals surface area contributed by atoms with Crippen molar-refractivity contribution in [3.63, 3.8) is 0 Å². The Balaban J connectivity index is 1.94. The first kappa shape index (κ1) is 17.3. The van der Waals surface area contributed by atoms with Crippen molar-refractivity contribution in [2.45, 2.75) is 85.7 Å². The molecule has 1 N–H and O–H groups in total. The highest BCUT2D eigenvalue weighted by molar-refractivity contribution is 4.94. The molecule has 1 heterocycles. The van der Waals surface area contributed by atoms with E-state index in [1.165, 1.54) is 51.7 Å². The van der Waals surface area contributed by atoms with Gasteiger partial charge in [0.2, 0.25) is 0 Å². The summed E-state index contributed by atoms with van der Waals surface area (Å²) in [5, 5.41) is 3.64. The van der Waals surface area contributed by atoms with E-state index in [9.17, 15) is 0 Å². The highest BCUT2D eigenvalue weighted by atomic mass is 15.2. The normalized spacial score (nSPS) is 30.7. The monoisotopic (exact) mass is 294 g/mol. The predicted octanol–water partition coefficient (Wildman–Crippen LogP) is 4.30. The number of piperidine rings is 1. The maximum atomic E-state index is 3.64. The SMILES string of the molecule is CC(C)NCC1CCCN(C2CC(C)(C)CC(C)(C)C2)C1. The van der Waals surface area contributed by atoms with Gasteiger partial charge in [-0.1, -0.05) is 41.5 Å². The van der Waals surface area contributed by atoms with E-state index in [1.54, 1.807) is 0 Å². The molecule has 0 aromatic rings. The molecule has 0 aromatic carbocycles. The van der Waals surface area contributed by atoms with Gasteiger partial charge in [0.25, 0.3) is 0 Å². The summed E-state index contributed by atoms with van der Waals surface area (Å²) >= 11 is 0. The van der Waals surface area contributed by atoms with Crippen molar-refractivity contribution < 1.29 is 0 Å². The summed E-state index contributed by atoms with van der Waals surface area (Å²) in [6.45, 7) is 18.3. The van der Waals surface area contributed by atoms with E-state index in [2.05, 4.69) is 51.8 Å². The second-order valence-electron chi connectivity index (χ2n) is 9.63. The average Bonchev–Trinajstić information content (AvgIpc) is 2.33. The number of hydrogen-bond donors (Lipinski definition) is 1. The fourth-order valence-corrected chi connectivity index (χ4v) is 5.04. The van der Waals surface area contributed by atoms with Crippen LogP contribution in [0.25, 0.3) is 0 Å². The van der Waals surface area contributed by atoms with Crippen LogP contribution in [0.1, 0.15) is 73.6 Å². The summed E-state index contributed by atoms with van der Waals surface area (Å²) in [5.74, 6) is 0.856. The molecule has 0 amide bonds. The van der Waals surface area contributed by atoms with E-state index in [1.807, 2.05) is 0 Å². The van der Waals surface area contributed by atoms with Gasteiger partial charge in [0.15, 0.2) is 0 Å². The lowest BCUT2D eigenvalue weighted by molar-refractivity contribution is 0.00595. The molecule has 1 atom stereocenters. The Morgan fingerprint density at radius 2 is 1.71 bits per heavy atom. The molecular formula is C19H38N2. The minimum absolute atomic E-state index is 0.509. The first-order chi connectivity index (χ1) is 9.67. The zero-order chi connectivity index (χ0) is 15.7. The summed E-state index contributed by atoms with van der Waals surface area (Å²) in [7, 11) is 0. The Morgan fingerprint density at radius 1 is 1.10 bits per heavy atom. The molecule has 0 radical (unpaired) electrons. The largest absolute Gasteiger partial charge is 0.314 e. The zero-order valence-corrected chi connectivity index (χ0v) is 15.3. The van der Waals surface area contributed by atoms with Crippen LogP contribution in [-0.2, 0) is 0 Å². The van der Waals surface area contributed by atoms with E-state index in [-0.39, 0.29) is 0 Å². The van der Waals surface area contributed by atoms with Gasteiger partial charge in [-0.05, 0) is 61.9 Å². The van der Waals surface area contributed by atoms with Crippen LogP contribution in [0.15, 0.2) is 0 Å². The third-order valence-electron chi connectivity index (χ3n) is 5.42. The molecule has 2 nitrogen and oxygen atoms in total. The van der Waals surface area contributed by atoms with Crippen LogP contribution in [-0.4, -0.2) is 36.6 Å². The molecule has 0 bridgehead atoms. The average molecular weight is 295 g/mol. The van der Waals surface area contributed by atoms with Gasteiger partial charge in [0.1, 0.15) is 0 Å². The van der Waals surface area contributed by atoms with Gasteiger partial charge in [0.05, 0.1) is 0 Å². The molecule has 2 fully saturated rings. The van der Waals surface area contributed by atoms with Crippen LogP contribution in [0, 0.1) is 16.7 Å². The Bertz CT molecular complexity index is 316. The summed E-state index contributed by atoms with van der Waals surface area (Å²) < 4.78 is 0. The van der Waals surface area contributed by atoms with Crippen molar-refractivity contribution in [1.82, 2.24) is 10.2 Å². The van der Waals surface area contributed by atoms with Crippen molar-refractivity contribution in [3.05, 3.63) is 0 Å². The first-order valence-corrected chi connectivity index (χ1v) is 9.14. The smallest absolute Gasteiger partial charge is 0.0106 e. The van der Waals surface area contributed by atoms with Crippen molar-refractivity contribution in [3.8, 4) is 0 Å². The summed E-state index contributed by atoms with van der Waals surface area (Å²) in [6, 6.07) is 1.43. The van der Waals surface area contributed by atoms with Gasteiger partial charge in [-0.3, -0.25) is 0 Å². The molecule has 0 aromatic heterocycles. The third kappa shape index (κ3) is 5.25. The number of hydrogen-bond acceptors (Lipinski definition) is 2. The molecule has 0 spiro atoms. The van der Waals surface area contributed by atoms with Crippen LogP contribution in [0.2, 0.25) is 0 Å². The molecule has 1 saturated carbocycles. The van der Waals surface area contributed by atoms with Gasteiger partial charge in [-0.25, -0.2) is 0 Å². The Hall–Kier alpha value is -0.0800. The quantitative estimate of drug-likeness (QED) is 0.831. The highest BCUT2D eigenvalue weighted by Crippen LogP contribution is 2.47. The van der Waals surface area contributed by atoms with Gasteiger partial charge >= 0.3 is 0 Å². The van der Waals surface area contributed by atoms with Gasteiger partial charge in [-0.15, -0.1) is 0 Å². The second-order valence-corrected chi connectivity index (χ2v) is 9.63. The van der Waals surface area contributed by atoms with Crippen LogP contribution < -0.4 is 5.32 Å². The van der Waals surface area contributed by atoms with E-state index in [4.69, 9.17) is 0 Å². The van der Waals surface area contributed by atoms with Crippen LogP contribution >= 0.6 is 0 Å². The standard InChI is InChI=1S/C19H38N2/c1-15(2)20-12-16-8-7-9-21(13-16)17-10-18(3,4)14-19(5,6)11-17/h15-17,20H,7-14H2,1-6H3. The topological polar surface area (TPSA) is 15.3 Å². The fraction of sp³-hybridized carbons (Fsp3) is 1.00. The Labute approximate surface area is 133 Å². The molecular weight excluding hydrogens is 256 g/mol. The predicted molar refractivity (Wildman–Crippen MR) is 92.6 cm³/mol. The van der Waals surface area contributed by atoms with Gasteiger partial charge in [0, 0.05) is 18.6 Å². The molecule has 1 unspecified atom stereocenters. The minimum atomic E-state index is 0.509. The molecule has 2 heteroatoms. The second kappa shape index (κ2) is 6.58. The van der Waals surface area contributed by atoms with Crippen molar-refractivity contribution >= 4 is 0 Å². The number of rotatable bonds is 4. The molecule has 2 rings (SSSR count). The Kier molecular flexibility index (Phi) is 5.41. The minimum Gasteiger partial charge on any atom is -0.314 e. The summed E-state index contributed by atoms with van der Waals surface area (Å²) in [6.07, 6.45) is 6.96. The molecule has 2 aliphatic rings. The molecule has 1 aliphatic carbocycles. The Morgan fingerprint density at radius 3 is 2.29 bits per heavy atom. The summed E-state index contributed by atoms with van der Waals surface area (Å²) in [4.78, 5) is 2.83. The summed E-state index contributed by atoms with van der Waals surface area (Å²) in [5.41, 5.74) is 1.02. The molecule has 21 heavy (non-hydrogen) atoms. The van der Waals surface area contributed by atoms with Crippen molar-refractivity contribution in [2.24, 2.45) is 16.7 Å². The fourth-order valence-electron chi connectivity index (χ4n) is 5.04. The highest BCUT2D eigenvalue weighted by Gasteiger charge is 2.41. The van der Waals surface area contributed by atoms with Gasteiger partial charge in [-0.2, -0.15) is 0 Å². The lowest BCUT2D eigenvalue weighted by Gasteiger charge is -2.50. The number of nitrogens with zero attached hydrogens (tertiary/aromatic N) is 1. The lowest BCUT2D eigenvalue weighted by Crippen LogP contribution is -2.51. The van der Waals surface area contributed by atoms with E-state index >= 15 is 0 Å². The number of nitrogens with one attached hydrogen (secondary N) is 1. The maximum Gasteiger partial charge on any atom is 0.0106 e. The molecule has 1 aliphatic heterocycles. The number of likely N-dealkylation sites (tertiary alicyclic amines) is 1. The van der Waals surface area contributed by atoms with Crippen LogP contribution in [0.3, 0.4) is 0 Å². The molecule has 124 valence electrons.